The van der Waals surface area contributed by atoms with Gasteiger partial charge < -0.3 is 5.32 Å². The summed E-state index contributed by atoms with van der Waals surface area (Å²) in [5, 5.41) is 8.67. The maximum absolute atomic E-state index is 12.1. The molecule has 1 aliphatic rings. The number of nitrogens with one attached hydrogen (secondary N) is 3. The second kappa shape index (κ2) is 5.42. The highest BCUT2D eigenvalue weighted by Gasteiger charge is 2.15. The van der Waals surface area contributed by atoms with Crippen LogP contribution < -0.4 is 10.9 Å². The topological polar surface area (TPSA) is 85.9 Å². The number of benzene rings is 1. The molecule has 3 heterocycles. The number of para-hydroxylation sites is 1. The van der Waals surface area contributed by atoms with Gasteiger partial charge in [0.2, 0.25) is 0 Å². The third-order valence-corrected chi connectivity index (χ3v) is 3.58. The standard InChI is InChI=1S/C17H13N5O/c23-17-14(9-11-10-19-15-13(11)7-4-8-18-15)16(21-22-17)20-12-5-2-1-3-6-12/h1-10H,(H3,20,21,22,23)/b11-9-. The van der Waals surface area contributed by atoms with Gasteiger partial charge in [0, 0.05) is 29.2 Å². The molecule has 23 heavy (non-hydrogen) atoms. The molecule has 6 nitrogen and oxygen atoms in total. The zero-order chi connectivity index (χ0) is 15.6. The Balaban J connectivity index is 1.74. The van der Waals surface area contributed by atoms with Gasteiger partial charge in [0.1, 0.15) is 5.82 Å². The molecule has 1 aromatic carbocycles. The minimum absolute atomic E-state index is 0.193. The number of allylic oxidation sites excluding steroid dienone is 1. The maximum atomic E-state index is 12.1. The fourth-order valence-electron chi connectivity index (χ4n) is 2.47. The second-order valence-electron chi connectivity index (χ2n) is 5.09. The minimum atomic E-state index is -0.193. The highest BCUT2D eigenvalue weighted by atomic mass is 16.1. The molecule has 0 bridgehead atoms. The lowest BCUT2D eigenvalue weighted by atomic mass is 10.1. The lowest BCUT2D eigenvalue weighted by Gasteiger charge is -2.04. The summed E-state index contributed by atoms with van der Waals surface area (Å²) >= 11 is 0. The number of pyridine rings is 1. The van der Waals surface area contributed by atoms with E-state index in [1.165, 1.54) is 0 Å². The Labute approximate surface area is 131 Å². The molecular weight excluding hydrogens is 290 g/mol. The summed E-state index contributed by atoms with van der Waals surface area (Å²) < 4.78 is 0. The average Bonchev–Trinajstić information content (AvgIpc) is 3.15. The zero-order valence-electron chi connectivity index (χ0n) is 12.1. The molecule has 3 N–H and O–H groups in total. The van der Waals surface area contributed by atoms with E-state index < -0.39 is 0 Å². The number of aromatic amines is 2. The molecule has 0 unspecified atom stereocenters. The van der Waals surface area contributed by atoms with Gasteiger partial charge >= 0.3 is 0 Å². The molecule has 0 saturated heterocycles. The predicted molar refractivity (Wildman–Crippen MR) is 91.4 cm³/mol. The molecule has 0 atom stereocenters. The van der Waals surface area contributed by atoms with Gasteiger partial charge in [0.15, 0.2) is 5.82 Å². The maximum Gasteiger partial charge on any atom is 0.273 e. The lowest BCUT2D eigenvalue weighted by molar-refractivity contribution is 1.06. The van der Waals surface area contributed by atoms with Crippen molar-refractivity contribution in [3.63, 3.8) is 0 Å². The van der Waals surface area contributed by atoms with E-state index in [-0.39, 0.29) is 5.56 Å². The van der Waals surface area contributed by atoms with E-state index in [0.717, 1.165) is 16.8 Å². The third-order valence-electron chi connectivity index (χ3n) is 3.58. The second-order valence-corrected chi connectivity index (χ2v) is 5.09. The Morgan fingerprint density at radius 3 is 2.78 bits per heavy atom. The molecule has 6 heteroatoms. The van der Waals surface area contributed by atoms with Crippen molar-refractivity contribution in [3.05, 3.63) is 70.1 Å². The number of fused-ring (bicyclic) bond motifs is 1. The minimum Gasteiger partial charge on any atom is -0.340 e. The lowest BCUT2D eigenvalue weighted by Crippen LogP contribution is -2.03. The molecule has 2 aromatic heterocycles. The van der Waals surface area contributed by atoms with Crippen LogP contribution in [0.2, 0.25) is 0 Å². The number of anilines is 2. The molecule has 0 aliphatic carbocycles. The molecule has 0 radical (unpaired) electrons. The largest absolute Gasteiger partial charge is 0.340 e. The van der Waals surface area contributed by atoms with Gasteiger partial charge in [0.05, 0.1) is 5.56 Å². The zero-order valence-corrected chi connectivity index (χ0v) is 12.1. The van der Waals surface area contributed by atoms with Crippen LogP contribution in [0.25, 0.3) is 11.6 Å². The van der Waals surface area contributed by atoms with E-state index in [0.29, 0.717) is 17.2 Å². The van der Waals surface area contributed by atoms with Crippen molar-refractivity contribution < 1.29 is 0 Å². The molecule has 1 aliphatic heterocycles. The number of aromatic nitrogens is 3. The van der Waals surface area contributed by atoms with Crippen LogP contribution in [0.1, 0.15) is 11.1 Å². The van der Waals surface area contributed by atoms with Gasteiger partial charge in [-0.1, -0.05) is 18.2 Å². The van der Waals surface area contributed by atoms with E-state index in [9.17, 15) is 4.79 Å². The van der Waals surface area contributed by atoms with Crippen molar-refractivity contribution in [2.45, 2.75) is 0 Å². The molecule has 4 rings (SSSR count). The molecule has 0 fully saturated rings. The Morgan fingerprint density at radius 2 is 1.91 bits per heavy atom. The first kappa shape index (κ1) is 13.3. The van der Waals surface area contributed by atoms with Crippen LogP contribution in [0.3, 0.4) is 0 Å². The number of hydrogen-bond donors (Lipinski definition) is 3. The average molecular weight is 303 g/mol. The summed E-state index contributed by atoms with van der Waals surface area (Å²) in [7, 11) is 0. The Morgan fingerprint density at radius 1 is 1.04 bits per heavy atom. The Kier molecular flexibility index (Phi) is 3.12. The molecule has 0 spiro atoms. The van der Waals surface area contributed by atoms with Crippen LogP contribution in [0.4, 0.5) is 17.3 Å². The molecule has 0 saturated carbocycles. The number of nitrogens with zero attached hydrogens (tertiary/aromatic N) is 2. The summed E-state index contributed by atoms with van der Waals surface area (Å²) in [6.07, 6.45) is 5.22. The smallest absolute Gasteiger partial charge is 0.273 e. The molecule has 3 aromatic rings. The SMILES string of the molecule is O=c1[nH][nH]c(Nc2ccccc2)c1/C=C1/C=Nc2ncccc21. The van der Waals surface area contributed by atoms with Crippen LogP contribution in [0.5, 0.6) is 0 Å². The van der Waals surface area contributed by atoms with Crippen molar-refractivity contribution in [2.24, 2.45) is 4.99 Å². The fourth-order valence-corrected chi connectivity index (χ4v) is 2.47. The summed E-state index contributed by atoms with van der Waals surface area (Å²) in [5.74, 6) is 1.28. The van der Waals surface area contributed by atoms with Gasteiger partial charge in [-0.2, -0.15) is 0 Å². The van der Waals surface area contributed by atoms with Crippen molar-refractivity contribution >= 4 is 35.2 Å². The van der Waals surface area contributed by atoms with Crippen LogP contribution in [0, 0.1) is 0 Å². The first-order chi connectivity index (χ1) is 11.3. The van der Waals surface area contributed by atoms with Crippen molar-refractivity contribution in [3.8, 4) is 0 Å². The summed E-state index contributed by atoms with van der Waals surface area (Å²) in [4.78, 5) is 20.6. The summed E-state index contributed by atoms with van der Waals surface area (Å²) in [6, 6.07) is 13.4. The first-order valence-electron chi connectivity index (χ1n) is 7.15. The monoisotopic (exact) mass is 303 g/mol. The highest BCUT2D eigenvalue weighted by Crippen LogP contribution is 2.30. The van der Waals surface area contributed by atoms with Gasteiger partial charge in [-0.25, -0.2) is 9.98 Å². The number of rotatable bonds is 3. The van der Waals surface area contributed by atoms with E-state index in [2.05, 4.69) is 25.5 Å². The molecule has 0 amide bonds. The Hall–Kier alpha value is -3.41. The van der Waals surface area contributed by atoms with Crippen LogP contribution >= 0.6 is 0 Å². The van der Waals surface area contributed by atoms with Gasteiger partial charge in [-0.05, 0) is 30.3 Å². The first-order valence-corrected chi connectivity index (χ1v) is 7.15. The van der Waals surface area contributed by atoms with Crippen molar-refractivity contribution in [2.75, 3.05) is 5.32 Å². The van der Waals surface area contributed by atoms with Crippen LogP contribution in [-0.4, -0.2) is 21.4 Å². The van der Waals surface area contributed by atoms with Crippen molar-refractivity contribution in [1.82, 2.24) is 15.2 Å². The molecule has 112 valence electrons. The van der Waals surface area contributed by atoms with Crippen LogP contribution in [-0.2, 0) is 0 Å². The van der Waals surface area contributed by atoms with E-state index in [4.69, 9.17) is 0 Å². The van der Waals surface area contributed by atoms with Crippen LogP contribution in [0.15, 0.2) is 58.4 Å². The van der Waals surface area contributed by atoms with E-state index in [1.807, 2.05) is 42.5 Å². The number of aliphatic imine (C=N–C) groups is 1. The highest BCUT2D eigenvalue weighted by molar-refractivity contribution is 6.21. The van der Waals surface area contributed by atoms with Gasteiger partial charge in [-0.15, -0.1) is 0 Å². The van der Waals surface area contributed by atoms with Gasteiger partial charge in [0.25, 0.3) is 5.56 Å². The fraction of sp³-hybridized carbons (Fsp3) is 0. The molecular formula is C17H13N5O. The Bertz CT molecular complexity index is 966. The predicted octanol–water partition coefficient (Wildman–Crippen LogP) is 3.10. The number of hydrogen-bond acceptors (Lipinski definition) is 4. The summed E-state index contributed by atoms with van der Waals surface area (Å²) in [5.41, 5.74) is 2.99. The third kappa shape index (κ3) is 2.46. The van der Waals surface area contributed by atoms with Crippen molar-refractivity contribution in [1.29, 1.82) is 0 Å². The number of H-pyrrole nitrogens is 2. The summed E-state index contributed by atoms with van der Waals surface area (Å²) in [6.45, 7) is 0. The van der Waals surface area contributed by atoms with Gasteiger partial charge in [-0.3, -0.25) is 15.0 Å². The van der Waals surface area contributed by atoms with E-state index >= 15 is 0 Å². The quantitative estimate of drug-likeness (QED) is 0.695. The normalized spacial score (nSPS) is 14.2. The van der Waals surface area contributed by atoms with E-state index in [1.54, 1.807) is 18.5 Å².